The van der Waals surface area contributed by atoms with Crippen LogP contribution in [0.25, 0.3) is 0 Å². The topological polar surface area (TPSA) is 78.5 Å². The van der Waals surface area contributed by atoms with Gasteiger partial charge in [0.25, 0.3) is 0 Å². The van der Waals surface area contributed by atoms with Gasteiger partial charge in [0.1, 0.15) is 5.60 Å². The Bertz CT molecular complexity index is 1120. The quantitative estimate of drug-likeness (QED) is 0.209. The third kappa shape index (κ3) is 7.30. The number of hydrogen-bond acceptors (Lipinski definition) is 5. The summed E-state index contributed by atoms with van der Waals surface area (Å²) in [5, 5.41) is 22.3. The van der Waals surface area contributed by atoms with Crippen LogP contribution in [0.3, 0.4) is 0 Å². The third-order valence-electron chi connectivity index (χ3n) is 5.66. The SMILES string of the molecule is CC(C)CC(C)(O)c1ccc(C(Cc2cc[n+]([O-])cc2)c2ccc(OC(F)F)c(OC(F)F)c2)cn1. The normalized spacial score (nSPS) is 14.2. The smallest absolute Gasteiger partial charge is 0.387 e. The highest BCUT2D eigenvalue weighted by atomic mass is 19.3. The summed E-state index contributed by atoms with van der Waals surface area (Å²) < 4.78 is 61.0. The molecule has 2 unspecified atom stereocenters. The van der Waals surface area contributed by atoms with E-state index in [1.54, 1.807) is 37.4 Å². The van der Waals surface area contributed by atoms with Crippen LogP contribution in [0.1, 0.15) is 55.5 Å². The second-order valence-corrected chi connectivity index (χ2v) is 9.13. The minimum Gasteiger partial charge on any atom is -0.619 e. The van der Waals surface area contributed by atoms with Gasteiger partial charge in [-0.25, -0.2) is 0 Å². The van der Waals surface area contributed by atoms with Crippen LogP contribution in [0.15, 0.2) is 61.1 Å². The highest BCUT2D eigenvalue weighted by Crippen LogP contribution is 2.37. The zero-order chi connectivity index (χ0) is 26.5. The van der Waals surface area contributed by atoms with E-state index < -0.39 is 36.2 Å². The van der Waals surface area contributed by atoms with Crippen molar-refractivity contribution in [1.29, 1.82) is 0 Å². The number of ether oxygens (including phenoxy) is 2. The summed E-state index contributed by atoms with van der Waals surface area (Å²) in [6, 6.07) is 10.6. The maximum Gasteiger partial charge on any atom is 0.387 e. The molecule has 1 aromatic carbocycles. The summed E-state index contributed by atoms with van der Waals surface area (Å²) in [7, 11) is 0. The first-order chi connectivity index (χ1) is 16.9. The lowest BCUT2D eigenvalue weighted by atomic mass is 9.85. The molecule has 0 amide bonds. The van der Waals surface area contributed by atoms with E-state index in [0.29, 0.717) is 34.4 Å². The van der Waals surface area contributed by atoms with Gasteiger partial charge >= 0.3 is 13.2 Å². The first-order valence-corrected chi connectivity index (χ1v) is 11.3. The van der Waals surface area contributed by atoms with Gasteiger partial charge in [0.2, 0.25) is 0 Å². The highest BCUT2D eigenvalue weighted by Gasteiger charge is 2.27. The molecular weight excluding hydrogens is 480 g/mol. The van der Waals surface area contributed by atoms with Crippen molar-refractivity contribution >= 4 is 0 Å². The molecule has 3 aromatic rings. The Morgan fingerprint density at radius 3 is 2.11 bits per heavy atom. The minimum atomic E-state index is -3.25. The zero-order valence-electron chi connectivity index (χ0n) is 20.1. The lowest BCUT2D eigenvalue weighted by Gasteiger charge is -2.26. The van der Waals surface area contributed by atoms with Crippen LogP contribution in [-0.4, -0.2) is 23.3 Å². The van der Waals surface area contributed by atoms with E-state index in [1.165, 1.54) is 24.5 Å². The Kier molecular flexibility index (Phi) is 8.73. The number of aliphatic hydroxyl groups is 1. The van der Waals surface area contributed by atoms with Gasteiger partial charge in [-0.15, -0.1) is 0 Å². The molecule has 0 bridgehead atoms. The number of alkyl halides is 4. The largest absolute Gasteiger partial charge is 0.619 e. The van der Waals surface area contributed by atoms with E-state index in [4.69, 9.17) is 0 Å². The Morgan fingerprint density at radius 1 is 0.944 bits per heavy atom. The number of nitrogens with zero attached hydrogens (tertiary/aromatic N) is 2. The summed E-state index contributed by atoms with van der Waals surface area (Å²) in [5.74, 6) is -1.27. The van der Waals surface area contributed by atoms with E-state index in [1.807, 2.05) is 13.8 Å². The molecule has 0 saturated heterocycles. The molecule has 10 heteroatoms. The van der Waals surface area contributed by atoms with Crippen LogP contribution in [-0.2, 0) is 12.0 Å². The summed E-state index contributed by atoms with van der Waals surface area (Å²) in [6.45, 7) is -0.797. The summed E-state index contributed by atoms with van der Waals surface area (Å²) in [5.41, 5.74) is 1.27. The van der Waals surface area contributed by atoms with Crippen molar-refractivity contribution in [2.45, 2.75) is 58.4 Å². The number of pyridine rings is 2. The lowest BCUT2D eigenvalue weighted by Crippen LogP contribution is -2.25. The van der Waals surface area contributed by atoms with Crippen molar-refractivity contribution in [2.75, 3.05) is 0 Å². The third-order valence-corrected chi connectivity index (χ3v) is 5.66. The van der Waals surface area contributed by atoms with Gasteiger partial charge in [-0.2, -0.15) is 22.3 Å². The molecule has 0 saturated carbocycles. The Hall–Kier alpha value is -3.40. The monoisotopic (exact) mass is 508 g/mol. The van der Waals surface area contributed by atoms with E-state index in [0.717, 1.165) is 11.6 Å². The van der Waals surface area contributed by atoms with Crippen LogP contribution in [0.4, 0.5) is 17.6 Å². The summed E-state index contributed by atoms with van der Waals surface area (Å²) in [4.78, 5) is 4.45. The van der Waals surface area contributed by atoms with Crippen molar-refractivity contribution in [3.05, 3.63) is 88.6 Å². The fraction of sp³-hybridized carbons (Fsp3) is 0.385. The van der Waals surface area contributed by atoms with Crippen molar-refractivity contribution in [2.24, 2.45) is 5.92 Å². The molecule has 36 heavy (non-hydrogen) atoms. The van der Waals surface area contributed by atoms with Gasteiger partial charge < -0.3 is 19.8 Å². The highest BCUT2D eigenvalue weighted by molar-refractivity contribution is 5.46. The molecular formula is C26H28F4N2O4. The molecule has 0 radical (unpaired) electrons. The fourth-order valence-electron chi connectivity index (χ4n) is 4.20. The molecule has 2 aromatic heterocycles. The molecule has 194 valence electrons. The maximum atomic E-state index is 13.0. The lowest BCUT2D eigenvalue weighted by molar-refractivity contribution is -0.605. The van der Waals surface area contributed by atoms with Crippen molar-refractivity contribution < 1.29 is 36.9 Å². The van der Waals surface area contributed by atoms with Gasteiger partial charge in [-0.1, -0.05) is 26.0 Å². The van der Waals surface area contributed by atoms with Crippen LogP contribution < -0.4 is 14.2 Å². The van der Waals surface area contributed by atoms with Gasteiger partial charge in [-0.3, -0.25) is 4.98 Å². The maximum absolute atomic E-state index is 13.0. The predicted octanol–water partition coefficient (Wildman–Crippen LogP) is 5.55. The van der Waals surface area contributed by atoms with Crippen molar-refractivity contribution in [1.82, 2.24) is 4.98 Å². The van der Waals surface area contributed by atoms with Gasteiger partial charge in [0, 0.05) is 24.2 Å². The first-order valence-electron chi connectivity index (χ1n) is 11.3. The van der Waals surface area contributed by atoms with Crippen molar-refractivity contribution in [3.8, 4) is 11.5 Å². The summed E-state index contributed by atoms with van der Waals surface area (Å²) in [6.07, 6.45) is 5.10. The molecule has 6 nitrogen and oxygen atoms in total. The molecule has 2 atom stereocenters. The summed E-state index contributed by atoms with van der Waals surface area (Å²) >= 11 is 0. The molecule has 3 rings (SSSR count). The number of hydrogen-bond donors (Lipinski definition) is 1. The molecule has 2 heterocycles. The van der Waals surface area contributed by atoms with Crippen LogP contribution >= 0.6 is 0 Å². The molecule has 0 aliphatic rings. The van der Waals surface area contributed by atoms with Gasteiger partial charge in [0.05, 0.1) is 5.69 Å². The molecule has 0 spiro atoms. The zero-order valence-corrected chi connectivity index (χ0v) is 20.1. The van der Waals surface area contributed by atoms with Gasteiger partial charge in [-0.05, 0) is 60.6 Å². The number of halogens is 4. The Morgan fingerprint density at radius 2 is 1.56 bits per heavy atom. The van der Waals surface area contributed by atoms with Crippen molar-refractivity contribution in [3.63, 3.8) is 0 Å². The standard InChI is InChI=1S/C26H28F4N2O4/c1-16(2)14-26(3,33)23-7-5-19(15-31-23)20(12-17-8-10-32(34)11-9-17)18-4-6-21(35-24(27)28)22(13-18)36-25(29)30/h4-11,13,15-16,20,24-25,33H,12,14H2,1-3H3. The van der Waals surface area contributed by atoms with E-state index in [2.05, 4.69) is 14.5 Å². The minimum absolute atomic E-state index is 0.235. The number of benzene rings is 1. The first kappa shape index (κ1) is 27.2. The predicted molar refractivity (Wildman–Crippen MR) is 124 cm³/mol. The average molecular weight is 509 g/mol. The van der Waals surface area contributed by atoms with E-state index in [-0.39, 0.29) is 5.92 Å². The Labute approximate surface area is 206 Å². The van der Waals surface area contributed by atoms with E-state index in [9.17, 15) is 27.9 Å². The Balaban J connectivity index is 2.03. The van der Waals surface area contributed by atoms with Crippen LogP contribution in [0.2, 0.25) is 0 Å². The van der Waals surface area contributed by atoms with Crippen LogP contribution in [0.5, 0.6) is 11.5 Å². The van der Waals surface area contributed by atoms with Crippen LogP contribution in [0, 0.1) is 11.1 Å². The second-order valence-electron chi connectivity index (χ2n) is 9.13. The molecule has 0 aliphatic heterocycles. The molecule has 0 aliphatic carbocycles. The number of aromatic nitrogens is 2. The van der Waals surface area contributed by atoms with Gasteiger partial charge in [0.15, 0.2) is 23.9 Å². The fourth-order valence-corrected chi connectivity index (χ4v) is 4.20. The average Bonchev–Trinajstić information content (AvgIpc) is 2.78. The second kappa shape index (κ2) is 11.6. The van der Waals surface area contributed by atoms with E-state index >= 15 is 0 Å². The number of rotatable bonds is 11. The molecule has 0 fully saturated rings. The molecule has 1 N–H and O–H groups in total.